The van der Waals surface area contributed by atoms with Crippen LogP contribution in [-0.4, -0.2) is 37.1 Å². The number of amides is 1. The SMILES string of the molecule is O=C(C=Cc1ccccc1Br)NCc1ccc(CN2CCOCC2)cc1. The molecule has 0 atom stereocenters. The standard InChI is InChI=1S/C21H23BrN2O2/c22-20-4-2-1-3-19(20)9-10-21(25)23-15-17-5-7-18(8-6-17)16-24-11-13-26-14-12-24/h1-10H,11-16H2,(H,23,25). The molecular weight excluding hydrogens is 392 g/mol. The number of nitrogens with zero attached hydrogens (tertiary/aromatic N) is 1. The molecule has 0 aromatic heterocycles. The van der Waals surface area contributed by atoms with Crippen molar-refractivity contribution in [3.8, 4) is 0 Å². The van der Waals surface area contributed by atoms with Gasteiger partial charge < -0.3 is 10.1 Å². The fourth-order valence-corrected chi connectivity index (χ4v) is 3.22. The summed E-state index contributed by atoms with van der Waals surface area (Å²) in [7, 11) is 0. The molecule has 0 saturated carbocycles. The van der Waals surface area contributed by atoms with Crippen molar-refractivity contribution in [3.05, 3.63) is 75.8 Å². The molecule has 1 aliphatic rings. The number of hydrogen-bond donors (Lipinski definition) is 1. The number of halogens is 1. The van der Waals surface area contributed by atoms with E-state index in [1.807, 2.05) is 30.3 Å². The first-order chi connectivity index (χ1) is 12.7. The van der Waals surface area contributed by atoms with E-state index in [9.17, 15) is 4.79 Å². The number of carbonyl (C=O) groups excluding carboxylic acids is 1. The molecule has 5 heteroatoms. The third-order valence-corrected chi connectivity index (χ3v) is 5.04. The molecule has 0 unspecified atom stereocenters. The van der Waals surface area contributed by atoms with Crippen LogP contribution in [0.25, 0.3) is 6.08 Å². The molecule has 0 bridgehead atoms. The number of hydrogen-bond acceptors (Lipinski definition) is 3. The van der Waals surface area contributed by atoms with Crippen LogP contribution in [0, 0.1) is 0 Å². The molecule has 0 radical (unpaired) electrons. The highest BCUT2D eigenvalue weighted by Gasteiger charge is 2.10. The summed E-state index contributed by atoms with van der Waals surface area (Å²) in [6.07, 6.45) is 3.37. The molecule has 1 amide bonds. The molecule has 3 rings (SSSR count). The van der Waals surface area contributed by atoms with Crippen LogP contribution in [0.4, 0.5) is 0 Å². The molecule has 2 aromatic carbocycles. The molecule has 0 aliphatic carbocycles. The van der Waals surface area contributed by atoms with E-state index >= 15 is 0 Å². The molecule has 4 nitrogen and oxygen atoms in total. The molecule has 1 saturated heterocycles. The summed E-state index contributed by atoms with van der Waals surface area (Å²) in [6, 6.07) is 16.2. The second kappa shape index (κ2) is 9.67. The van der Waals surface area contributed by atoms with Gasteiger partial charge in [-0.25, -0.2) is 0 Å². The Kier molecular flexibility index (Phi) is 7.00. The zero-order valence-electron chi connectivity index (χ0n) is 14.7. The monoisotopic (exact) mass is 414 g/mol. The van der Waals surface area contributed by atoms with Gasteiger partial charge in [0, 0.05) is 36.7 Å². The molecule has 136 valence electrons. The summed E-state index contributed by atoms with van der Waals surface area (Å²) in [4.78, 5) is 14.4. The predicted molar refractivity (Wildman–Crippen MR) is 108 cm³/mol. The van der Waals surface area contributed by atoms with Gasteiger partial charge >= 0.3 is 0 Å². The van der Waals surface area contributed by atoms with Crippen LogP contribution >= 0.6 is 15.9 Å². The molecule has 1 fully saturated rings. The zero-order valence-corrected chi connectivity index (χ0v) is 16.2. The highest BCUT2D eigenvalue weighted by atomic mass is 79.9. The van der Waals surface area contributed by atoms with Crippen LogP contribution in [0.3, 0.4) is 0 Å². The predicted octanol–water partition coefficient (Wildman–Crippen LogP) is 3.61. The van der Waals surface area contributed by atoms with Crippen molar-refractivity contribution in [1.82, 2.24) is 10.2 Å². The van der Waals surface area contributed by atoms with Crippen LogP contribution in [0.2, 0.25) is 0 Å². The normalized spacial score (nSPS) is 15.3. The Balaban J connectivity index is 1.46. The summed E-state index contributed by atoms with van der Waals surface area (Å²) in [5, 5.41) is 2.92. The van der Waals surface area contributed by atoms with Gasteiger partial charge in [-0.05, 0) is 28.8 Å². The van der Waals surface area contributed by atoms with E-state index in [-0.39, 0.29) is 5.91 Å². The van der Waals surface area contributed by atoms with Gasteiger partial charge in [0.1, 0.15) is 0 Å². The number of morpholine rings is 1. The summed E-state index contributed by atoms with van der Waals surface area (Å²) in [5.74, 6) is -0.0989. The molecular formula is C21H23BrN2O2. The number of rotatable bonds is 6. The van der Waals surface area contributed by atoms with Gasteiger partial charge in [-0.1, -0.05) is 58.4 Å². The largest absolute Gasteiger partial charge is 0.379 e. The van der Waals surface area contributed by atoms with E-state index in [0.29, 0.717) is 6.54 Å². The van der Waals surface area contributed by atoms with Gasteiger partial charge in [0.05, 0.1) is 13.2 Å². The Morgan fingerprint density at radius 3 is 2.50 bits per heavy atom. The first-order valence-corrected chi connectivity index (χ1v) is 9.58. The lowest BCUT2D eigenvalue weighted by atomic mass is 10.1. The first kappa shape index (κ1) is 18.8. The first-order valence-electron chi connectivity index (χ1n) is 8.79. The van der Waals surface area contributed by atoms with Gasteiger partial charge in [0.15, 0.2) is 0 Å². The maximum atomic E-state index is 12.0. The molecule has 1 aliphatic heterocycles. The lowest BCUT2D eigenvalue weighted by molar-refractivity contribution is -0.116. The topological polar surface area (TPSA) is 41.6 Å². The third-order valence-electron chi connectivity index (χ3n) is 4.32. The Morgan fingerprint density at radius 2 is 1.77 bits per heavy atom. The second-order valence-corrected chi connectivity index (χ2v) is 7.13. The zero-order chi connectivity index (χ0) is 18.2. The molecule has 2 aromatic rings. The second-order valence-electron chi connectivity index (χ2n) is 6.28. The highest BCUT2D eigenvalue weighted by molar-refractivity contribution is 9.10. The minimum absolute atomic E-state index is 0.0989. The van der Waals surface area contributed by atoms with Gasteiger partial charge in [0.2, 0.25) is 5.91 Å². The number of nitrogens with one attached hydrogen (secondary N) is 1. The van der Waals surface area contributed by atoms with Crippen molar-refractivity contribution in [2.75, 3.05) is 26.3 Å². The average molecular weight is 415 g/mol. The van der Waals surface area contributed by atoms with E-state index < -0.39 is 0 Å². The van der Waals surface area contributed by atoms with E-state index in [0.717, 1.165) is 48.4 Å². The van der Waals surface area contributed by atoms with Crippen molar-refractivity contribution in [2.45, 2.75) is 13.1 Å². The lowest BCUT2D eigenvalue weighted by Crippen LogP contribution is -2.35. The quantitative estimate of drug-likeness (QED) is 0.733. The lowest BCUT2D eigenvalue weighted by Gasteiger charge is -2.26. The fraction of sp³-hybridized carbons (Fsp3) is 0.286. The van der Waals surface area contributed by atoms with Crippen molar-refractivity contribution >= 4 is 27.9 Å². The summed E-state index contributed by atoms with van der Waals surface area (Å²) >= 11 is 3.47. The number of ether oxygens (including phenoxy) is 1. The van der Waals surface area contributed by atoms with Crippen molar-refractivity contribution in [3.63, 3.8) is 0 Å². The van der Waals surface area contributed by atoms with E-state index in [4.69, 9.17) is 4.74 Å². The highest BCUT2D eigenvalue weighted by Crippen LogP contribution is 2.17. The van der Waals surface area contributed by atoms with E-state index in [1.54, 1.807) is 6.08 Å². The molecule has 1 heterocycles. The van der Waals surface area contributed by atoms with E-state index in [1.165, 1.54) is 5.56 Å². The fourth-order valence-electron chi connectivity index (χ4n) is 2.80. The Labute approximate surface area is 163 Å². The minimum atomic E-state index is -0.0989. The summed E-state index contributed by atoms with van der Waals surface area (Å²) < 4.78 is 6.35. The minimum Gasteiger partial charge on any atom is -0.379 e. The Morgan fingerprint density at radius 1 is 1.08 bits per heavy atom. The summed E-state index contributed by atoms with van der Waals surface area (Å²) in [6.45, 7) is 5.08. The number of carbonyl (C=O) groups is 1. The van der Waals surface area contributed by atoms with Crippen molar-refractivity contribution in [2.24, 2.45) is 0 Å². The van der Waals surface area contributed by atoms with Crippen LogP contribution in [0.5, 0.6) is 0 Å². The van der Waals surface area contributed by atoms with Crippen LogP contribution in [0.15, 0.2) is 59.1 Å². The molecule has 26 heavy (non-hydrogen) atoms. The average Bonchev–Trinajstić information content (AvgIpc) is 2.68. The Hall–Kier alpha value is -1.95. The third kappa shape index (κ3) is 5.80. The van der Waals surface area contributed by atoms with Gasteiger partial charge in [0.25, 0.3) is 0 Å². The smallest absolute Gasteiger partial charge is 0.244 e. The van der Waals surface area contributed by atoms with E-state index in [2.05, 4.69) is 50.4 Å². The van der Waals surface area contributed by atoms with Gasteiger partial charge in [-0.15, -0.1) is 0 Å². The summed E-state index contributed by atoms with van der Waals surface area (Å²) in [5.41, 5.74) is 3.37. The van der Waals surface area contributed by atoms with Crippen LogP contribution < -0.4 is 5.32 Å². The van der Waals surface area contributed by atoms with Crippen LogP contribution in [0.1, 0.15) is 16.7 Å². The maximum Gasteiger partial charge on any atom is 0.244 e. The molecule has 0 spiro atoms. The van der Waals surface area contributed by atoms with Gasteiger partial charge in [-0.3, -0.25) is 9.69 Å². The number of benzene rings is 2. The van der Waals surface area contributed by atoms with Gasteiger partial charge in [-0.2, -0.15) is 0 Å². The van der Waals surface area contributed by atoms with Crippen molar-refractivity contribution in [1.29, 1.82) is 0 Å². The van der Waals surface area contributed by atoms with Crippen molar-refractivity contribution < 1.29 is 9.53 Å². The molecule has 1 N–H and O–H groups in total. The Bertz CT molecular complexity index is 753. The maximum absolute atomic E-state index is 12.0. The van der Waals surface area contributed by atoms with Crippen LogP contribution in [-0.2, 0) is 22.6 Å².